The number of rotatable bonds is 3. The van der Waals surface area contributed by atoms with E-state index < -0.39 is 10.0 Å². The highest BCUT2D eigenvalue weighted by molar-refractivity contribution is 7.89. The average molecular weight is 326 g/mol. The number of H-pyrrole nitrogens is 1. The molecule has 2 aromatic rings. The third-order valence-electron chi connectivity index (χ3n) is 3.87. The summed E-state index contributed by atoms with van der Waals surface area (Å²) in [5.74, 6) is 0. The van der Waals surface area contributed by atoms with Crippen molar-refractivity contribution in [3.05, 3.63) is 46.7 Å². The van der Waals surface area contributed by atoms with Gasteiger partial charge in [0.05, 0.1) is 11.1 Å². The van der Waals surface area contributed by atoms with Crippen LogP contribution < -0.4 is 0 Å². The van der Waals surface area contributed by atoms with Crippen molar-refractivity contribution in [3.63, 3.8) is 0 Å². The first-order valence-corrected chi connectivity index (χ1v) is 8.62. The summed E-state index contributed by atoms with van der Waals surface area (Å²) in [5.41, 5.74) is 1.97. The van der Waals surface area contributed by atoms with E-state index in [-0.39, 0.29) is 10.9 Å². The van der Waals surface area contributed by atoms with E-state index in [9.17, 15) is 8.42 Å². The second kappa shape index (κ2) is 5.44. The van der Waals surface area contributed by atoms with E-state index in [0.29, 0.717) is 18.0 Å². The Morgan fingerprint density at radius 3 is 2.76 bits per heavy atom. The van der Waals surface area contributed by atoms with Gasteiger partial charge in [-0.3, -0.25) is 5.10 Å². The van der Waals surface area contributed by atoms with Crippen molar-refractivity contribution in [2.45, 2.75) is 37.2 Å². The molecule has 7 heteroatoms. The molecule has 1 N–H and O–H groups in total. The number of hydrogen-bond donors (Lipinski definition) is 1. The van der Waals surface area contributed by atoms with Crippen LogP contribution >= 0.6 is 11.6 Å². The summed E-state index contributed by atoms with van der Waals surface area (Å²) >= 11 is 5.83. The molecule has 1 aliphatic heterocycles. The fourth-order valence-corrected chi connectivity index (χ4v) is 4.46. The van der Waals surface area contributed by atoms with Crippen LogP contribution in [0.25, 0.3) is 0 Å². The molecule has 3 rings (SSSR count). The molecule has 1 unspecified atom stereocenters. The lowest BCUT2D eigenvalue weighted by Crippen LogP contribution is -2.43. The van der Waals surface area contributed by atoms with E-state index in [4.69, 9.17) is 11.6 Å². The fourth-order valence-electron chi connectivity index (χ4n) is 2.66. The number of benzene rings is 1. The van der Waals surface area contributed by atoms with E-state index in [2.05, 4.69) is 10.2 Å². The molecule has 0 aliphatic carbocycles. The summed E-state index contributed by atoms with van der Waals surface area (Å²) in [6, 6.07) is 6.24. The van der Waals surface area contributed by atoms with Crippen molar-refractivity contribution in [1.82, 2.24) is 14.5 Å². The number of nitrogens with zero attached hydrogens (tertiary/aromatic N) is 2. The fraction of sp³-hybridized carbons (Fsp3) is 0.357. The minimum Gasteiger partial charge on any atom is -0.282 e. The smallest absolute Gasteiger partial charge is 0.243 e. The maximum Gasteiger partial charge on any atom is 0.243 e. The first-order valence-electron chi connectivity index (χ1n) is 6.81. The Labute approximate surface area is 129 Å². The molecule has 0 fully saturated rings. The number of fused-ring (bicyclic) bond motifs is 1. The lowest BCUT2D eigenvalue weighted by molar-refractivity contribution is 0.283. The van der Waals surface area contributed by atoms with Crippen molar-refractivity contribution in [1.29, 1.82) is 0 Å². The SMILES string of the molecule is CCC1Cc2[nH]ncc2CN1S(=O)(=O)c1ccc(Cl)cc1. The number of halogens is 1. The van der Waals surface area contributed by atoms with Gasteiger partial charge in [-0.1, -0.05) is 18.5 Å². The highest BCUT2D eigenvalue weighted by Gasteiger charge is 2.35. The van der Waals surface area contributed by atoms with Crippen LogP contribution in [0.15, 0.2) is 35.4 Å². The largest absolute Gasteiger partial charge is 0.282 e. The number of aromatic nitrogens is 2. The summed E-state index contributed by atoms with van der Waals surface area (Å²) in [6.45, 7) is 2.35. The maximum absolute atomic E-state index is 12.9. The molecule has 21 heavy (non-hydrogen) atoms. The first-order chi connectivity index (χ1) is 10.0. The summed E-state index contributed by atoms with van der Waals surface area (Å²) < 4.78 is 27.3. The standard InChI is InChI=1S/C14H16ClN3O2S/c1-2-12-7-14-10(8-16-17-14)9-18(12)21(19,20)13-5-3-11(15)4-6-13/h3-6,8,12H,2,7,9H2,1H3,(H,16,17). The topological polar surface area (TPSA) is 66.1 Å². The second-order valence-corrected chi connectivity index (χ2v) is 7.47. The Morgan fingerprint density at radius 1 is 1.38 bits per heavy atom. The van der Waals surface area contributed by atoms with Crippen LogP contribution in [-0.4, -0.2) is 29.0 Å². The molecule has 2 heterocycles. The minimum absolute atomic E-state index is 0.0568. The van der Waals surface area contributed by atoms with E-state index in [1.54, 1.807) is 34.8 Å². The lowest BCUT2D eigenvalue weighted by Gasteiger charge is -2.33. The molecule has 1 aromatic carbocycles. The number of hydrogen-bond acceptors (Lipinski definition) is 3. The molecule has 0 radical (unpaired) electrons. The quantitative estimate of drug-likeness (QED) is 0.943. The van der Waals surface area contributed by atoms with Gasteiger partial charge < -0.3 is 0 Å². The van der Waals surface area contributed by atoms with Crippen LogP contribution in [0.4, 0.5) is 0 Å². The zero-order valence-electron chi connectivity index (χ0n) is 11.6. The molecule has 5 nitrogen and oxygen atoms in total. The molecule has 1 aromatic heterocycles. The third-order valence-corrected chi connectivity index (χ3v) is 6.04. The molecule has 1 atom stereocenters. The van der Waals surface area contributed by atoms with Crippen molar-refractivity contribution in [2.75, 3.05) is 0 Å². The van der Waals surface area contributed by atoms with Gasteiger partial charge in [-0.15, -0.1) is 0 Å². The molecule has 0 amide bonds. The van der Waals surface area contributed by atoms with Crippen LogP contribution in [0, 0.1) is 0 Å². The predicted molar refractivity (Wildman–Crippen MR) is 80.6 cm³/mol. The van der Waals surface area contributed by atoms with E-state index in [0.717, 1.165) is 17.7 Å². The number of sulfonamides is 1. The molecular weight excluding hydrogens is 310 g/mol. The second-order valence-electron chi connectivity index (χ2n) is 5.14. The molecule has 112 valence electrons. The summed E-state index contributed by atoms with van der Waals surface area (Å²) in [6.07, 6.45) is 3.12. The highest BCUT2D eigenvalue weighted by atomic mass is 35.5. The molecule has 0 saturated heterocycles. The third kappa shape index (κ3) is 2.59. The molecule has 0 bridgehead atoms. The van der Waals surface area contributed by atoms with E-state index in [1.807, 2.05) is 6.92 Å². The Morgan fingerprint density at radius 2 is 2.10 bits per heavy atom. The summed E-state index contributed by atoms with van der Waals surface area (Å²) in [7, 11) is -3.53. The van der Waals surface area contributed by atoms with E-state index in [1.165, 1.54) is 0 Å². The average Bonchev–Trinajstić information content (AvgIpc) is 2.93. The van der Waals surface area contributed by atoms with Crippen LogP contribution in [0.2, 0.25) is 5.02 Å². The van der Waals surface area contributed by atoms with Gasteiger partial charge in [0.15, 0.2) is 0 Å². The van der Waals surface area contributed by atoms with Gasteiger partial charge in [-0.25, -0.2) is 8.42 Å². The van der Waals surface area contributed by atoms with Gasteiger partial charge in [0.1, 0.15) is 0 Å². The number of aromatic amines is 1. The van der Waals surface area contributed by atoms with Crippen molar-refractivity contribution in [3.8, 4) is 0 Å². The van der Waals surface area contributed by atoms with Gasteiger partial charge in [0.2, 0.25) is 10.0 Å². The monoisotopic (exact) mass is 325 g/mol. The van der Waals surface area contributed by atoms with Gasteiger partial charge in [-0.2, -0.15) is 9.40 Å². The van der Waals surface area contributed by atoms with E-state index >= 15 is 0 Å². The van der Waals surface area contributed by atoms with Crippen LogP contribution in [0.1, 0.15) is 24.6 Å². The zero-order chi connectivity index (χ0) is 15.0. The minimum atomic E-state index is -3.53. The molecule has 1 aliphatic rings. The summed E-state index contributed by atoms with van der Waals surface area (Å²) in [5, 5.41) is 7.49. The number of nitrogens with one attached hydrogen (secondary N) is 1. The Kier molecular flexibility index (Phi) is 3.77. The maximum atomic E-state index is 12.9. The van der Waals surface area contributed by atoms with Gasteiger partial charge in [-0.05, 0) is 30.7 Å². The van der Waals surface area contributed by atoms with Gasteiger partial charge in [0.25, 0.3) is 0 Å². The van der Waals surface area contributed by atoms with Gasteiger partial charge in [0, 0.05) is 35.3 Å². The lowest BCUT2D eigenvalue weighted by atomic mass is 10.0. The molecular formula is C14H16ClN3O2S. The van der Waals surface area contributed by atoms with Gasteiger partial charge >= 0.3 is 0 Å². The van der Waals surface area contributed by atoms with Crippen molar-refractivity contribution < 1.29 is 8.42 Å². The van der Waals surface area contributed by atoms with Crippen molar-refractivity contribution >= 4 is 21.6 Å². The highest BCUT2D eigenvalue weighted by Crippen LogP contribution is 2.29. The van der Waals surface area contributed by atoms with Crippen molar-refractivity contribution in [2.24, 2.45) is 0 Å². The normalized spacial score (nSPS) is 19.4. The predicted octanol–water partition coefficient (Wildman–Crippen LogP) is 2.59. The Balaban J connectivity index is 1.99. The van der Waals surface area contributed by atoms with Crippen LogP contribution in [0.5, 0.6) is 0 Å². The zero-order valence-corrected chi connectivity index (χ0v) is 13.2. The van der Waals surface area contributed by atoms with Crippen LogP contribution in [-0.2, 0) is 23.0 Å². The first kappa shape index (κ1) is 14.6. The summed E-state index contributed by atoms with van der Waals surface area (Å²) in [4.78, 5) is 0.275. The molecule has 0 spiro atoms. The Bertz CT molecular complexity index is 740. The Hall–Kier alpha value is -1.37. The molecule has 0 saturated carbocycles. The van der Waals surface area contributed by atoms with Crippen LogP contribution in [0.3, 0.4) is 0 Å².